The number of rotatable bonds is 7. The average Bonchev–Trinajstić information content (AvgIpc) is 2.81. The van der Waals surface area contributed by atoms with E-state index in [-0.39, 0.29) is 6.23 Å². The van der Waals surface area contributed by atoms with Crippen molar-refractivity contribution in [1.82, 2.24) is 4.90 Å². The lowest BCUT2D eigenvalue weighted by molar-refractivity contribution is 0.0815. The minimum absolute atomic E-state index is 0.0266. The van der Waals surface area contributed by atoms with Gasteiger partial charge in [0.05, 0.1) is 0 Å². The van der Waals surface area contributed by atoms with Crippen LogP contribution in [0.3, 0.4) is 0 Å². The number of anilines is 1. The number of fused-ring (bicyclic) bond motifs is 1. The van der Waals surface area contributed by atoms with Crippen molar-refractivity contribution in [3.05, 3.63) is 95.2 Å². The van der Waals surface area contributed by atoms with Gasteiger partial charge in [0, 0.05) is 17.0 Å². The molecule has 0 spiro atoms. The molecule has 0 bridgehead atoms. The molecule has 172 valence electrons. The Morgan fingerprint density at radius 3 is 2.09 bits per heavy atom. The number of benzene rings is 3. The molecule has 0 saturated carbocycles. The number of para-hydroxylation sites is 1. The summed E-state index contributed by atoms with van der Waals surface area (Å²) in [6.45, 7) is 2.01. The first-order valence-electron chi connectivity index (χ1n) is 10.9. The van der Waals surface area contributed by atoms with Gasteiger partial charge in [-0.25, -0.2) is 0 Å². The molecule has 0 radical (unpaired) electrons. The second-order valence-electron chi connectivity index (χ2n) is 8.21. The van der Waals surface area contributed by atoms with E-state index in [4.69, 9.17) is 19.0 Å². The topological polar surface area (TPSA) is 74.2 Å². The quantitative estimate of drug-likeness (QED) is 0.322. The van der Waals surface area contributed by atoms with E-state index in [1.807, 2.05) is 56.3 Å². The van der Waals surface area contributed by atoms with Crippen molar-refractivity contribution in [3.63, 3.8) is 0 Å². The van der Waals surface area contributed by atoms with E-state index in [0.29, 0.717) is 5.75 Å². The van der Waals surface area contributed by atoms with Crippen LogP contribution >= 0.6 is 8.60 Å². The molecule has 4 rings (SSSR count). The minimum Gasteiger partial charge on any atom is -0.475 e. The molecule has 0 saturated heterocycles. The SMILES string of the molecule is CC(Oc1ccc(C(=C2CCc3ccccc3N2)c2ccc(OP(O)O)cc2)cc1)N(C)C. The fourth-order valence-electron chi connectivity index (χ4n) is 3.83. The van der Waals surface area contributed by atoms with E-state index in [0.717, 1.165) is 46.7 Å². The monoisotopic (exact) mass is 464 g/mol. The summed E-state index contributed by atoms with van der Waals surface area (Å²) in [5, 5.41) is 3.64. The molecular weight excluding hydrogens is 435 g/mol. The fourth-order valence-corrected chi connectivity index (χ4v) is 4.14. The zero-order valence-electron chi connectivity index (χ0n) is 19.0. The van der Waals surface area contributed by atoms with Crippen molar-refractivity contribution in [2.75, 3.05) is 19.4 Å². The van der Waals surface area contributed by atoms with Gasteiger partial charge in [0.15, 0.2) is 0 Å². The highest BCUT2D eigenvalue weighted by atomic mass is 31.2. The number of hydrogen-bond donors (Lipinski definition) is 3. The molecule has 1 aliphatic rings. The first-order valence-corrected chi connectivity index (χ1v) is 12.0. The Morgan fingerprint density at radius 1 is 0.879 bits per heavy atom. The lowest BCUT2D eigenvalue weighted by Gasteiger charge is -2.25. The molecule has 3 N–H and O–H groups in total. The molecule has 0 amide bonds. The minimum atomic E-state index is -2.44. The molecule has 0 fully saturated rings. The van der Waals surface area contributed by atoms with Gasteiger partial charge >= 0.3 is 8.60 Å². The summed E-state index contributed by atoms with van der Waals surface area (Å²) < 4.78 is 11.0. The van der Waals surface area contributed by atoms with Crippen LogP contribution in [0.15, 0.2) is 78.5 Å². The molecule has 0 aromatic heterocycles. The summed E-state index contributed by atoms with van der Waals surface area (Å²) in [6, 6.07) is 23.9. The van der Waals surface area contributed by atoms with Crippen molar-refractivity contribution < 1.29 is 19.0 Å². The Hall–Kier alpha value is -2.89. The van der Waals surface area contributed by atoms with Crippen LogP contribution in [-0.4, -0.2) is 35.0 Å². The summed E-state index contributed by atoms with van der Waals surface area (Å²) in [4.78, 5) is 20.3. The third-order valence-corrected chi connectivity index (χ3v) is 6.13. The van der Waals surface area contributed by atoms with Crippen LogP contribution in [0, 0.1) is 0 Å². The third-order valence-electron chi connectivity index (χ3n) is 5.76. The second kappa shape index (κ2) is 10.4. The van der Waals surface area contributed by atoms with Gasteiger partial charge in [0.25, 0.3) is 0 Å². The predicted octanol–water partition coefficient (Wildman–Crippen LogP) is 5.38. The van der Waals surface area contributed by atoms with Crippen molar-refractivity contribution >= 4 is 19.9 Å². The van der Waals surface area contributed by atoms with Crippen LogP contribution in [0.1, 0.15) is 30.0 Å². The van der Waals surface area contributed by atoms with Crippen molar-refractivity contribution in [3.8, 4) is 11.5 Å². The van der Waals surface area contributed by atoms with Crippen LogP contribution in [0.4, 0.5) is 5.69 Å². The van der Waals surface area contributed by atoms with Crippen molar-refractivity contribution in [2.24, 2.45) is 0 Å². The maximum atomic E-state index is 9.15. The number of nitrogens with zero attached hydrogens (tertiary/aromatic N) is 1. The van der Waals surface area contributed by atoms with Gasteiger partial charge < -0.3 is 24.4 Å². The van der Waals surface area contributed by atoms with Crippen LogP contribution in [0.2, 0.25) is 0 Å². The molecule has 6 nitrogen and oxygen atoms in total. The summed E-state index contributed by atoms with van der Waals surface area (Å²) >= 11 is 0. The van der Waals surface area contributed by atoms with E-state index >= 15 is 0 Å². The molecule has 1 atom stereocenters. The zero-order valence-corrected chi connectivity index (χ0v) is 19.9. The van der Waals surface area contributed by atoms with Gasteiger partial charge in [0.2, 0.25) is 0 Å². The molecule has 7 heteroatoms. The summed E-state index contributed by atoms with van der Waals surface area (Å²) in [7, 11) is 1.52. The van der Waals surface area contributed by atoms with E-state index in [1.54, 1.807) is 12.1 Å². The lowest BCUT2D eigenvalue weighted by atomic mass is 9.91. The largest absolute Gasteiger partial charge is 0.475 e. The first kappa shape index (κ1) is 23.3. The van der Waals surface area contributed by atoms with E-state index in [2.05, 4.69) is 35.6 Å². The predicted molar refractivity (Wildman–Crippen MR) is 133 cm³/mol. The average molecular weight is 465 g/mol. The van der Waals surface area contributed by atoms with Gasteiger partial charge in [-0.3, -0.25) is 4.90 Å². The Morgan fingerprint density at radius 2 is 1.48 bits per heavy atom. The highest BCUT2D eigenvalue weighted by Crippen LogP contribution is 2.36. The maximum absolute atomic E-state index is 9.15. The summed E-state index contributed by atoms with van der Waals surface area (Å²) in [5.74, 6) is 1.23. The van der Waals surface area contributed by atoms with Crippen LogP contribution in [0.25, 0.3) is 5.57 Å². The highest BCUT2D eigenvalue weighted by molar-refractivity contribution is 7.39. The standard InChI is InChI=1S/C26H29N2O4P/c1-18(28(2)3)31-22-13-8-20(9-14-22)26(21-10-15-23(16-11-21)32-33(29)30)25-17-12-19-6-4-5-7-24(19)27-25/h4-11,13-16,18,27,29-30H,12,17H2,1-3H3. The summed E-state index contributed by atoms with van der Waals surface area (Å²) in [6.07, 6.45) is 1.82. The van der Waals surface area contributed by atoms with Crippen LogP contribution < -0.4 is 14.6 Å². The number of aryl methyl sites for hydroxylation is 1. The summed E-state index contributed by atoms with van der Waals surface area (Å²) in [5.41, 5.74) is 6.76. The molecule has 3 aromatic rings. The second-order valence-corrected chi connectivity index (χ2v) is 8.90. The van der Waals surface area contributed by atoms with Gasteiger partial charge in [-0.2, -0.15) is 0 Å². The molecule has 0 aliphatic carbocycles. The smallest absolute Gasteiger partial charge is 0.391 e. The van der Waals surface area contributed by atoms with Gasteiger partial charge in [-0.05, 0) is 80.9 Å². The fraction of sp³-hybridized carbons (Fsp3) is 0.231. The maximum Gasteiger partial charge on any atom is 0.391 e. The Labute approximate surface area is 196 Å². The van der Waals surface area contributed by atoms with Gasteiger partial charge in [-0.1, -0.05) is 42.5 Å². The van der Waals surface area contributed by atoms with Crippen molar-refractivity contribution in [1.29, 1.82) is 0 Å². The van der Waals surface area contributed by atoms with Crippen LogP contribution in [0.5, 0.6) is 11.5 Å². The normalized spacial score (nSPS) is 15.6. The number of allylic oxidation sites excluding steroid dienone is 1. The Bertz CT molecular complexity index is 1110. The van der Waals surface area contributed by atoms with E-state index in [9.17, 15) is 0 Å². The number of ether oxygens (including phenoxy) is 1. The van der Waals surface area contributed by atoms with Crippen LogP contribution in [-0.2, 0) is 6.42 Å². The highest BCUT2D eigenvalue weighted by Gasteiger charge is 2.19. The molecular formula is C26H29N2O4P. The van der Waals surface area contributed by atoms with E-state index in [1.165, 1.54) is 5.56 Å². The molecule has 1 unspecified atom stereocenters. The number of nitrogens with one attached hydrogen (secondary N) is 1. The molecule has 33 heavy (non-hydrogen) atoms. The molecule has 1 heterocycles. The Balaban J connectivity index is 1.71. The first-order chi connectivity index (χ1) is 15.9. The molecule has 3 aromatic carbocycles. The van der Waals surface area contributed by atoms with E-state index < -0.39 is 8.60 Å². The number of hydrogen-bond acceptors (Lipinski definition) is 6. The third kappa shape index (κ3) is 5.73. The van der Waals surface area contributed by atoms with Gasteiger partial charge in [0.1, 0.15) is 17.7 Å². The Kier molecular flexibility index (Phi) is 7.31. The zero-order chi connectivity index (χ0) is 23.4. The van der Waals surface area contributed by atoms with Crippen molar-refractivity contribution in [2.45, 2.75) is 26.0 Å². The van der Waals surface area contributed by atoms with Gasteiger partial charge in [-0.15, -0.1) is 0 Å². The lowest BCUT2D eigenvalue weighted by Crippen LogP contribution is -2.30. The molecule has 1 aliphatic heterocycles.